The van der Waals surface area contributed by atoms with Crippen molar-refractivity contribution in [1.82, 2.24) is 14.6 Å². The summed E-state index contributed by atoms with van der Waals surface area (Å²) in [5.74, 6) is 0.745. The monoisotopic (exact) mass is 262 g/mol. The third-order valence-electron chi connectivity index (χ3n) is 2.45. The van der Waals surface area contributed by atoms with Crippen LogP contribution in [0.1, 0.15) is 5.69 Å². The van der Waals surface area contributed by atoms with E-state index in [1.54, 1.807) is 11.8 Å². The second-order valence-electron chi connectivity index (χ2n) is 3.59. The standard InChI is InChI=1S/C11H10N4S2/c12-11-9(14-15-17-11)6-16-10-5-7-3-1-2-4-8(7)13-10/h1-5,13H,6,12H2. The van der Waals surface area contributed by atoms with Crippen LogP contribution in [-0.2, 0) is 5.75 Å². The Balaban J connectivity index is 1.79. The molecule has 0 spiro atoms. The van der Waals surface area contributed by atoms with Gasteiger partial charge >= 0.3 is 0 Å². The van der Waals surface area contributed by atoms with Crippen LogP contribution in [0, 0.1) is 0 Å². The van der Waals surface area contributed by atoms with Crippen molar-refractivity contribution in [2.75, 3.05) is 5.73 Å². The second kappa shape index (κ2) is 4.38. The fraction of sp³-hybridized carbons (Fsp3) is 0.0909. The molecule has 0 aliphatic rings. The predicted octanol–water partition coefficient (Wildman–Crippen LogP) is 2.89. The van der Waals surface area contributed by atoms with Gasteiger partial charge in [0.1, 0.15) is 10.7 Å². The number of nitrogens with zero attached hydrogens (tertiary/aromatic N) is 2. The first-order valence-corrected chi connectivity index (χ1v) is 6.86. The number of hydrogen-bond donors (Lipinski definition) is 2. The van der Waals surface area contributed by atoms with Gasteiger partial charge in [-0.15, -0.1) is 16.9 Å². The van der Waals surface area contributed by atoms with E-state index in [0.29, 0.717) is 5.00 Å². The molecule has 0 radical (unpaired) electrons. The Bertz CT molecular complexity index is 611. The molecule has 0 fully saturated rings. The molecule has 0 saturated heterocycles. The maximum Gasteiger partial charge on any atom is 0.131 e. The second-order valence-corrected chi connectivity index (χ2v) is 5.40. The minimum Gasteiger partial charge on any atom is -0.388 e. The Morgan fingerprint density at radius 1 is 1.35 bits per heavy atom. The lowest BCUT2D eigenvalue weighted by atomic mass is 10.3. The van der Waals surface area contributed by atoms with Crippen LogP contribution in [0.4, 0.5) is 5.00 Å². The quantitative estimate of drug-likeness (QED) is 0.712. The van der Waals surface area contributed by atoms with Crippen LogP contribution >= 0.6 is 23.3 Å². The average molecular weight is 262 g/mol. The summed E-state index contributed by atoms with van der Waals surface area (Å²) in [6.45, 7) is 0. The molecule has 3 rings (SSSR count). The largest absolute Gasteiger partial charge is 0.388 e. The molecule has 3 aromatic rings. The van der Waals surface area contributed by atoms with E-state index in [9.17, 15) is 0 Å². The van der Waals surface area contributed by atoms with E-state index in [1.165, 1.54) is 16.9 Å². The summed E-state index contributed by atoms with van der Waals surface area (Å²) in [6.07, 6.45) is 0. The van der Waals surface area contributed by atoms with Gasteiger partial charge in [-0.2, -0.15) is 0 Å². The van der Waals surface area contributed by atoms with Gasteiger partial charge in [0.15, 0.2) is 0 Å². The Labute approximate surface area is 106 Å². The van der Waals surface area contributed by atoms with Crippen LogP contribution in [0.15, 0.2) is 35.4 Å². The number of H-pyrrole nitrogens is 1. The molecule has 0 amide bonds. The summed E-state index contributed by atoms with van der Waals surface area (Å²) in [4.78, 5) is 3.35. The number of anilines is 1. The molecule has 0 bridgehead atoms. The van der Waals surface area contributed by atoms with Crippen LogP contribution in [0.5, 0.6) is 0 Å². The molecule has 0 atom stereocenters. The van der Waals surface area contributed by atoms with Gasteiger partial charge < -0.3 is 10.7 Å². The lowest BCUT2D eigenvalue weighted by Gasteiger charge is -1.95. The van der Waals surface area contributed by atoms with E-state index in [0.717, 1.165) is 22.0 Å². The van der Waals surface area contributed by atoms with Gasteiger partial charge in [-0.1, -0.05) is 22.7 Å². The van der Waals surface area contributed by atoms with E-state index in [4.69, 9.17) is 5.73 Å². The summed E-state index contributed by atoms with van der Waals surface area (Å²) in [7, 11) is 0. The molecule has 0 unspecified atom stereocenters. The molecule has 0 aliphatic heterocycles. The number of aromatic amines is 1. The molecule has 2 heterocycles. The topological polar surface area (TPSA) is 67.6 Å². The molecule has 17 heavy (non-hydrogen) atoms. The first-order valence-electron chi connectivity index (χ1n) is 5.10. The van der Waals surface area contributed by atoms with Crippen molar-refractivity contribution in [3.63, 3.8) is 0 Å². The van der Waals surface area contributed by atoms with Crippen molar-refractivity contribution >= 4 is 39.2 Å². The smallest absolute Gasteiger partial charge is 0.131 e. The van der Waals surface area contributed by atoms with Gasteiger partial charge in [0.25, 0.3) is 0 Å². The third-order valence-corrected chi connectivity index (χ3v) is 4.00. The molecule has 1 aromatic carbocycles. The molecule has 3 N–H and O–H groups in total. The Hall–Kier alpha value is -1.53. The first-order chi connectivity index (χ1) is 8.33. The molecule has 0 aliphatic carbocycles. The van der Waals surface area contributed by atoms with Crippen molar-refractivity contribution in [3.05, 3.63) is 36.0 Å². The van der Waals surface area contributed by atoms with E-state index >= 15 is 0 Å². The normalized spacial score (nSPS) is 11.1. The van der Waals surface area contributed by atoms with Crippen molar-refractivity contribution < 1.29 is 0 Å². The highest BCUT2D eigenvalue weighted by Crippen LogP contribution is 2.27. The highest BCUT2D eigenvalue weighted by molar-refractivity contribution is 7.98. The summed E-state index contributed by atoms with van der Waals surface area (Å²) in [6, 6.07) is 10.4. The highest BCUT2D eigenvalue weighted by Gasteiger charge is 2.06. The molecule has 4 nitrogen and oxygen atoms in total. The van der Waals surface area contributed by atoms with Crippen molar-refractivity contribution in [1.29, 1.82) is 0 Å². The van der Waals surface area contributed by atoms with Gasteiger partial charge in [-0.3, -0.25) is 0 Å². The van der Waals surface area contributed by atoms with Gasteiger partial charge in [-0.25, -0.2) is 0 Å². The summed E-state index contributed by atoms with van der Waals surface area (Å²) < 4.78 is 3.82. The van der Waals surface area contributed by atoms with Crippen LogP contribution in [0.3, 0.4) is 0 Å². The first kappa shape index (κ1) is 10.6. The zero-order valence-electron chi connectivity index (χ0n) is 8.88. The van der Waals surface area contributed by atoms with E-state index < -0.39 is 0 Å². The van der Waals surface area contributed by atoms with Crippen LogP contribution in [-0.4, -0.2) is 14.6 Å². The van der Waals surface area contributed by atoms with Gasteiger partial charge in [0, 0.05) is 28.2 Å². The highest BCUT2D eigenvalue weighted by atomic mass is 32.2. The van der Waals surface area contributed by atoms with Crippen molar-refractivity contribution in [2.45, 2.75) is 10.8 Å². The number of hydrogen-bond acceptors (Lipinski definition) is 5. The van der Waals surface area contributed by atoms with E-state index in [-0.39, 0.29) is 0 Å². The molecule has 0 saturated carbocycles. The average Bonchev–Trinajstić information content (AvgIpc) is 2.92. The summed E-state index contributed by atoms with van der Waals surface area (Å²) >= 11 is 2.92. The van der Waals surface area contributed by atoms with Crippen LogP contribution in [0.2, 0.25) is 0 Å². The molecule has 6 heteroatoms. The number of rotatable bonds is 3. The number of aromatic nitrogens is 3. The van der Waals surface area contributed by atoms with Gasteiger partial charge in [-0.05, 0) is 12.1 Å². The fourth-order valence-corrected chi connectivity index (χ4v) is 3.02. The zero-order valence-corrected chi connectivity index (χ0v) is 10.5. The lowest BCUT2D eigenvalue weighted by Crippen LogP contribution is -1.88. The molecule has 2 aromatic heterocycles. The minimum atomic E-state index is 0.702. The molecule has 86 valence electrons. The number of nitrogens with one attached hydrogen (secondary N) is 1. The number of fused-ring (bicyclic) bond motifs is 1. The number of para-hydroxylation sites is 1. The van der Waals surface area contributed by atoms with E-state index in [2.05, 4.69) is 32.8 Å². The Morgan fingerprint density at radius 3 is 3.00 bits per heavy atom. The fourth-order valence-electron chi connectivity index (χ4n) is 1.59. The maximum absolute atomic E-state index is 5.75. The molecular weight excluding hydrogens is 252 g/mol. The Morgan fingerprint density at radius 2 is 2.24 bits per heavy atom. The van der Waals surface area contributed by atoms with Crippen LogP contribution in [0.25, 0.3) is 10.9 Å². The molecular formula is C11H10N4S2. The lowest BCUT2D eigenvalue weighted by molar-refractivity contribution is 1.07. The minimum absolute atomic E-state index is 0.702. The van der Waals surface area contributed by atoms with Gasteiger partial charge in [0.2, 0.25) is 0 Å². The van der Waals surface area contributed by atoms with Crippen LogP contribution < -0.4 is 5.73 Å². The van der Waals surface area contributed by atoms with Crippen molar-refractivity contribution in [2.24, 2.45) is 0 Å². The zero-order chi connectivity index (χ0) is 11.7. The third kappa shape index (κ3) is 2.13. The number of thioether (sulfide) groups is 1. The summed E-state index contributed by atoms with van der Waals surface area (Å²) in [5.41, 5.74) is 7.76. The van der Waals surface area contributed by atoms with Crippen molar-refractivity contribution in [3.8, 4) is 0 Å². The maximum atomic E-state index is 5.75. The van der Waals surface area contributed by atoms with Gasteiger partial charge in [0.05, 0.1) is 5.03 Å². The number of benzene rings is 1. The Kier molecular flexibility index (Phi) is 2.74. The van der Waals surface area contributed by atoms with E-state index in [1.807, 2.05) is 12.1 Å². The summed E-state index contributed by atoms with van der Waals surface area (Å²) in [5, 5.41) is 7.04. The SMILES string of the molecule is Nc1snnc1CSc1cc2ccccc2[nH]1. The predicted molar refractivity (Wildman–Crippen MR) is 72.2 cm³/mol. The number of nitrogens with two attached hydrogens (primary N) is 1. The number of nitrogen functional groups attached to an aromatic ring is 1.